The number of unbranched alkanes of at least 4 members (excludes halogenated alkanes) is 1. The first-order valence-electron chi connectivity index (χ1n) is 7.26. The monoisotopic (exact) mass is 318 g/mol. The molecule has 110 valence electrons. The first-order chi connectivity index (χ1) is 10.3. The molecule has 0 aromatic carbocycles. The van der Waals surface area contributed by atoms with Crippen molar-refractivity contribution in [2.75, 3.05) is 6.54 Å². The molecule has 3 heterocycles. The van der Waals surface area contributed by atoms with E-state index < -0.39 is 0 Å². The summed E-state index contributed by atoms with van der Waals surface area (Å²) in [5, 5.41) is 4.85. The molecule has 0 radical (unpaired) electrons. The molecule has 0 N–H and O–H groups in total. The van der Waals surface area contributed by atoms with Crippen LogP contribution in [0.4, 0.5) is 0 Å². The van der Waals surface area contributed by atoms with Crippen LogP contribution >= 0.6 is 22.7 Å². The van der Waals surface area contributed by atoms with Crippen molar-refractivity contribution in [2.45, 2.75) is 32.2 Å². The Balaban J connectivity index is 1.73. The van der Waals surface area contributed by atoms with Crippen molar-refractivity contribution in [1.29, 1.82) is 0 Å². The standard InChI is InChI=1S/C16H18N2OS2/c1-2-3-6-12-7-4-9-18(12)16(19)13-11-21-15(17-13)14-8-5-10-20-14/h4-5,7-8,10-12H,2-3,6,9H2,1H3. The van der Waals surface area contributed by atoms with Gasteiger partial charge in [-0.3, -0.25) is 4.79 Å². The van der Waals surface area contributed by atoms with Gasteiger partial charge in [-0.05, 0) is 17.9 Å². The Hall–Kier alpha value is -1.46. The Morgan fingerprint density at radius 2 is 2.38 bits per heavy atom. The summed E-state index contributed by atoms with van der Waals surface area (Å²) in [6, 6.07) is 4.29. The molecule has 21 heavy (non-hydrogen) atoms. The van der Waals surface area contributed by atoms with Crippen LogP contribution in [0.1, 0.15) is 36.7 Å². The number of carbonyl (C=O) groups excluding carboxylic acids is 1. The second-order valence-corrected chi connectivity index (χ2v) is 6.92. The number of thiophene rings is 1. The van der Waals surface area contributed by atoms with Gasteiger partial charge in [0.15, 0.2) is 0 Å². The maximum absolute atomic E-state index is 12.6. The van der Waals surface area contributed by atoms with E-state index in [1.54, 1.807) is 22.7 Å². The Labute approximate surface area is 132 Å². The van der Waals surface area contributed by atoms with Crippen LogP contribution in [0.25, 0.3) is 9.88 Å². The molecule has 5 heteroatoms. The average Bonchev–Trinajstić information content (AvgIpc) is 3.24. The number of hydrogen-bond acceptors (Lipinski definition) is 4. The summed E-state index contributed by atoms with van der Waals surface area (Å²) in [7, 11) is 0. The minimum absolute atomic E-state index is 0.0557. The second-order valence-electron chi connectivity index (χ2n) is 5.11. The number of hydrogen-bond donors (Lipinski definition) is 0. The van der Waals surface area contributed by atoms with E-state index in [4.69, 9.17) is 0 Å². The van der Waals surface area contributed by atoms with Crippen LogP contribution in [-0.4, -0.2) is 28.4 Å². The van der Waals surface area contributed by atoms with E-state index in [2.05, 4.69) is 24.1 Å². The van der Waals surface area contributed by atoms with Gasteiger partial charge in [-0.25, -0.2) is 4.98 Å². The zero-order valence-electron chi connectivity index (χ0n) is 12.0. The lowest BCUT2D eigenvalue weighted by Crippen LogP contribution is -2.36. The Morgan fingerprint density at radius 1 is 1.48 bits per heavy atom. The lowest BCUT2D eigenvalue weighted by atomic mass is 10.1. The maximum atomic E-state index is 12.6. The van der Waals surface area contributed by atoms with Crippen LogP contribution in [0.5, 0.6) is 0 Å². The minimum atomic E-state index is 0.0557. The van der Waals surface area contributed by atoms with Crippen molar-refractivity contribution in [3.05, 3.63) is 40.7 Å². The van der Waals surface area contributed by atoms with Gasteiger partial charge in [0.25, 0.3) is 5.91 Å². The van der Waals surface area contributed by atoms with Crippen LogP contribution in [-0.2, 0) is 0 Å². The Morgan fingerprint density at radius 3 is 3.14 bits per heavy atom. The van der Waals surface area contributed by atoms with Gasteiger partial charge in [0.2, 0.25) is 0 Å². The first kappa shape index (κ1) is 14.5. The highest BCUT2D eigenvalue weighted by Crippen LogP contribution is 2.29. The molecular formula is C16H18N2OS2. The van der Waals surface area contributed by atoms with Crippen molar-refractivity contribution in [1.82, 2.24) is 9.88 Å². The molecule has 0 saturated carbocycles. The molecule has 0 fully saturated rings. The molecule has 0 spiro atoms. The molecular weight excluding hydrogens is 300 g/mol. The quantitative estimate of drug-likeness (QED) is 0.763. The number of rotatable bonds is 5. The molecule has 0 aliphatic carbocycles. The summed E-state index contributed by atoms with van der Waals surface area (Å²) in [4.78, 5) is 20.2. The van der Waals surface area contributed by atoms with Gasteiger partial charge >= 0.3 is 0 Å². The fourth-order valence-electron chi connectivity index (χ4n) is 2.50. The fraction of sp³-hybridized carbons (Fsp3) is 0.375. The van der Waals surface area contributed by atoms with Crippen molar-refractivity contribution < 1.29 is 4.79 Å². The molecule has 1 unspecified atom stereocenters. The molecule has 1 amide bonds. The fourth-order valence-corrected chi connectivity index (χ4v) is 4.11. The predicted octanol–water partition coefficient (Wildman–Crippen LogP) is 4.44. The molecule has 3 rings (SSSR count). The Kier molecular flexibility index (Phi) is 4.51. The summed E-state index contributed by atoms with van der Waals surface area (Å²) in [5.74, 6) is 0.0557. The highest BCUT2D eigenvalue weighted by Gasteiger charge is 2.26. The normalized spacial score (nSPS) is 17.6. The van der Waals surface area contributed by atoms with Gasteiger partial charge in [-0.2, -0.15) is 0 Å². The predicted molar refractivity (Wildman–Crippen MR) is 88.9 cm³/mol. The third-order valence-electron chi connectivity index (χ3n) is 3.63. The summed E-state index contributed by atoms with van der Waals surface area (Å²) < 4.78 is 0. The molecule has 0 bridgehead atoms. The molecule has 3 nitrogen and oxygen atoms in total. The van der Waals surface area contributed by atoms with Crippen LogP contribution in [0.2, 0.25) is 0 Å². The van der Waals surface area contributed by atoms with Gasteiger partial charge in [0.05, 0.1) is 10.9 Å². The average molecular weight is 318 g/mol. The van der Waals surface area contributed by atoms with Crippen molar-refractivity contribution in [2.24, 2.45) is 0 Å². The third-order valence-corrected chi connectivity index (χ3v) is 5.51. The minimum Gasteiger partial charge on any atom is -0.327 e. The summed E-state index contributed by atoms with van der Waals surface area (Å²) >= 11 is 3.20. The van der Waals surface area contributed by atoms with E-state index >= 15 is 0 Å². The molecule has 1 aliphatic rings. The third kappa shape index (κ3) is 3.09. The molecule has 1 atom stereocenters. The van der Waals surface area contributed by atoms with E-state index in [9.17, 15) is 4.79 Å². The van der Waals surface area contributed by atoms with E-state index in [0.717, 1.165) is 29.1 Å². The van der Waals surface area contributed by atoms with Crippen LogP contribution in [0.15, 0.2) is 35.0 Å². The zero-order chi connectivity index (χ0) is 14.7. The van der Waals surface area contributed by atoms with Crippen molar-refractivity contribution in [3.63, 3.8) is 0 Å². The van der Waals surface area contributed by atoms with E-state index in [1.165, 1.54) is 0 Å². The van der Waals surface area contributed by atoms with E-state index in [1.807, 2.05) is 27.8 Å². The van der Waals surface area contributed by atoms with Crippen molar-refractivity contribution in [3.8, 4) is 9.88 Å². The SMILES string of the molecule is CCCCC1C=CCN1C(=O)c1csc(-c2cccs2)n1. The number of amides is 1. The number of aromatic nitrogens is 1. The lowest BCUT2D eigenvalue weighted by Gasteiger charge is -2.23. The van der Waals surface area contributed by atoms with Crippen molar-refractivity contribution >= 4 is 28.6 Å². The van der Waals surface area contributed by atoms with Gasteiger partial charge in [-0.15, -0.1) is 22.7 Å². The van der Waals surface area contributed by atoms with Crippen LogP contribution in [0.3, 0.4) is 0 Å². The number of carbonyl (C=O) groups is 1. The van der Waals surface area contributed by atoms with Gasteiger partial charge < -0.3 is 4.90 Å². The number of nitrogens with zero attached hydrogens (tertiary/aromatic N) is 2. The highest BCUT2D eigenvalue weighted by atomic mass is 32.1. The van der Waals surface area contributed by atoms with Gasteiger partial charge in [-0.1, -0.05) is 38.0 Å². The summed E-state index contributed by atoms with van der Waals surface area (Å²) in [6.07, 6.45) is 7.59. The molecule has 2 aromatic rings. The topological polar surface area (TPSA) is 33.2 Å². The first-order valence-corrected chi connectivity index (χ1v) is 9.02. The van der Waals surface area contributed by atoms with Crippen LogP contribution < -0.4 is 0 Å². The van der Waals surface area contributed by atoms with Crippen LogP contribution in [0, 0.1) is 0 Å². The van der Waals surface area contributed by atoms with E-state index in [-0.39, 0.29) is 11.9 Å². The summed E-state index contributed by atoms with van der Waals surface area (Å²) in [6.45, 7) is 2.89. The summed E-state index contributed by atoms with van der Waals surface area (Å²) in [5.41, 5.74) is 0.577. The smallest absolute Gasteiger partial charge is 0.274 e. The molecule has 0 saturated heterocycles. The van der Waals surface area contributed by atoms with E-state index in [0.29, 0.717) is 12.2 Å². The van der Waals surface area contributed by atoms with Gasteiger partial charge in [0, 0.05) is 11.9 Å². The highest BCUT2D eigenvalue weighted by molar-refractivity contribution is 7.20. The van der Waals surface area contributed by atoms with Gasteiger partial charge in [0.1, 0.15) is 10.7 Å². The second kappa shape index (κ2) is 6.54. The Bertz CT molecular complexity index is 631. The maximum Gasteiger partial charge on any atom is 0.274 e. The molecule has 2 aromatic heterocycles. The zero-order valence-corrected chi connectivity index (χ0v) is 13.6. The lowest BCUT2D eigenvalue weighted by molar-refractivity contribution is 0.0738. The number of thiazole rings is 1. The largest absolute Gasteiger partial charge is 0.327 e. The molecule has 1 aliphatic heterocycles.